The average molecular weight is 289 g/mol. The Morgan fingerprint density at radius 2 is 1.81 bits per heavy atom. The largest absolute Gasteiger partial charge is 0.325 e. The van der Waals surface area contributed by atoms with E-state index in [1.54, 1.807) is 0 Å². The van der Waals surface area contributed by atoms with Crippen molar-refractivity contribution >= 4 is 11.6 Å². The van der Waals surface area contributed by atoms with Crippen LogP contribution in [0.1, 0.15) is 39.2 Å². The highest BCUT2D eigenvalue weighted by Gasteiger charge is 2.22. The highest BCUT2D eigenvalue weighted by atomic mass is 16.2. The molecule has 2 rings (SSSR count). The minimum atomic E-state index is 0.0635. The third-order valence-corrected chi connectivity index (χ3v) is 3.86. The van der Waals surface area contributed by atoms with Crippen molar-refractivity contribution in [3.63, 3.8) is 0 Å². The van der Waals surface area contributed by atoms with Crippen LogP contribution >= 0.6 is 0 Å². The molecule has 1 saturated heterocycles. The van der Waals surface area contributed by atoms with Crippen LogP contribution in [-0.2, 0) is 4.79 Å². The Morgan fingerprint density at radius 3 is 2.33 bits per heavy atom. The number of carbonyl (C=O) groups is 1. The van der Waals surface area contributed by atoms with Gasteiger partial charge in [0.1, 0.15) is 0 Å². The molecule has 1 amide bonds. The van der Waals surface area contributed by atoms with Crippen LogP contribution in [0.4, 0.5) is 5.69 Å². The molecule has 0 aromatic heterocycles. The molecule has 1 aliphatic heterocycles. The standard InChI is InChI=1S/C17H27N3O/c1-12(2)15-5-7-16(8-6-15)19-17(21)11-20-9-13(3)18-14(4)10-20/h5-8,12-14,18H,9-11H2,1-4H3,(H,19,21). The number of hydrogen-bond donors (Lipinski definition) is 2. The first kappa shape index (κ1) is 16.0. The van der Waals surface area contributed by atoms with Crippen molar-refractivity contribution in [3.05, 3.63) is 29.8 Å². The van der Waals surface area contributed by atoms with Crippen molar-refractivity contribution in [1.29, 1.82) is 0 Å². The van der Waals surface area contributed by atoms with E-state index >= 15 is 0 Å². The number of nitrogens with one attached hydrogen (secondary N) is 2. The van der Waals surface area contributed by atoms with Gasteiger partial charge in [-0.15, -0.1) is 0 Å². The van der Waals surface area contributed by atoms with E-state index in [-0.39, 0.29) is 5.91 Å². The highest BCUT2D eigenvalue weighted by molar-refractivity contribution is 5.92. The summed E-state index contributed by atoms with van der Waals surface area (Å²) in [5.74, 6) is 0.576. The molecule has 1 heterocycles. The maximum atomic E-state index is 12.1. The Kier molecular flexibility index (Phi) is 5.37. The summed E-state index contributed by atoms with van der Waals surface area (Å²) in [6.45, 7) is 11.0. The third-order valence-electron chi connectivity index (χ3n) is 3.86. The van der Waals surface area contributed by atoms with Crippen molar-refractivity contribution < 1.29 is 4.79 Å². The first-order valence-corrected chi connectivity index (χ1v) is 7.82. The topological polar surface area (TPSA) is 44.4 Å². The van der Waals surface area contributed by atoms with Gasteiger partial charge in [-0.3, -0.25) is 9.69 Å². The molecule has 21 heavy (non-hydrogen) atoms. The zero-order valence-electron chi connectivity index (χ0n) is 13.5. The molecule has 2 atom stereocenters. The zero-order chi connectivity index (χ0) is 15.4. The lowest BCUT2D eigenvalue weighted by atomic mass is 10.0. The highest BCUT2D eigenvalue weighted by Crippen LogP contribution is 2.17. The molecule has 0 saturated carbocycles. The summed E-state index contributed by atoms with van der Waals surface area (Å²) in [6, 6.07) is 9.00. The van der Waals surface area contributed by atoms with Crippen LogP contribution in [0.15, 0.2) is 24.3 Å². The first-order chi connectivity index (χ1) is 9.94. The van der Waals surface area contributed by atoms with Crippen LogP contribution in [0.2, 0.25) is 0 Å². The second-order valence-electron chi connectivity index (χ2n) is 6.49. The van der Waals surface area contributed by atoms with Crippen molar-refractivity contribution in [2.45, 2.75) is 45.7 Å². The Bertz CT molecular complexity index is 459. The smallest absolute Gasteiger partial charge is 0.238 e. The van der Waals surface area contributed by atoms with Gasteiger partial charge in [-0.2, -0.15) is 0 Å². The lowest BCUT2D eigenvalue weighted by Gasteiger charge is -2.35. The SMILES string of the molecule is CC1CN(CC(=O)Nc2ccc(C(C)C)cc2)CC(C)N1. The van der Waals surface area contributed by atoms with Crippen LogP contribution in [0, 0.1) is 0 Å². The predicted octanol–water partition coefficient (Wildman–Crippen LogP) is 2.43. The average Bonchev–Trinajstić information content (AvgIpc) is 2.37. The van der Waals surface area contributed by atoms with Gasteiger partial charge in [-0.05, 0) is 37.5 Å². The van der Waals surface area contributed by atoms with Gasteiger partial charge in [0.25, 0.3) is 0 Å². The molecule has 1 aromatic carbocycles. The van der Waals surface area contributed by atoms with Crippen LogP contribution in [0.3, 0.4) is 0 Å². The number of anilines is 1. The van der Waals surface area contributed by atoms with Gasteiger partial charge in [0, 0.05) is 30.9 Å². The molecule has 1 aromatic rings. The lowest BCUT2D eigenvalue weighted by molar-refractivity contribution is -0.117. The minimum absolute atomic E-state index is 0.0635. The zero-order valence-corrected chi connectivity index (χ0v) is 13.5. The van der Waals surface area contributed by atoms with E-state index in [4.69, 9.17) is 0 Å². The van der Waals surface area contributed by atoms with Gasteiger partial charge in [0.15, 0.2) is 0 Å². The molecular formula is C17H27N3O. The second kappa shape index (κ2) is 7.05. The third kappa shape index (κ3) is 4.83. The van der Waals surface area contributed by atoms with Gasteiger partial charge >= 0.3 is 0 Å². The fraction of sp³-hybridized carbons (Fsp3) is 0.588. The number of nitrogens with zero attached hydrogens (tertiary/aromatic N) is 1. The maximum absolute atomic E-state index is 12.1. The van der Waals surface area contributed by atoms with Crippen molar-refractivity contribution in [2.24, 2.45) is 0 Å². The van der Waals surface area contributed by atoms with Gasteiger partial charge in [0.05, 0.1) is 6.54 Å². The van der Waals surface area contributed by atoms with Crippen LogP contribution in [0.25, 0.3) is 0 Å². The van der Waals surface area contributed by atoms with Gasteiger partial charge in [-0.1, -0.05) is 26.0 Å². The molecular weight excluding hydrogens is 262 g/mol. The number of carbonyl (C=O) groups excluding carboxylic acids is 1. The van der Waals surface area contributed by atoms with E-state index in [1.807, 2.05) is 12.1 Å². The van der Waals surface area contributed by atoms with Crippen molar-refractivity contribution in [3.8, 4) is 0 Å². The summed E-state index contributed by atoms with van der Waals surface area (Å²) < 4.78 is 0. The van der Waals surface area contributed by atoms with Crippen molar-refractivity contribution in [1.82, 2.24) is 10.2 Å². The van der Waals surface area contributed by atoms with Crippen molar-refractivity contribution in [2.75, 3.05) is 25.0 Å². The summed E-state index contributed by atoms with van der Waals surface area (Å²) in [6.07, 6.45) is 0. The summed E-state index contributed by atoms with van der Waals surface area (Å²) in [4.78, 5) is 14.4. The summed E-state index contributed by atoms with van der Waals surface area (Å²) in [7, 11) is 0. The van der Waals surface area contributed by atoms with Crippen LogP contribution in [0.5, 0.6) is 0 Å². The van der Waals surface area contributed by atoms with Crippen LogP contribution < -0.4 is 10.6 Å². The van der Waals surface area contributed by atoms with Gasteiger partial charge in [0.2, 0.25) is 5.91 Å². The Labute approximate surface area is 127 Å². The Morgan fingerprint density at radius 1 is 1.24 bits per heavy atom. The molecule has 2 N–H and O–H groups in total. The maximum Gasteiger partial charge on any atom is 0.238 e. The minimum Gasteiger partial charge on any atom is -0.325 e. The molecule has 0 spiro atoms. The fourth-order valence-electron chi connectivity index (χ4n) is 2.92. The monoisotopic (exact) mass is 289 g/mol. The summed E-state index contributed by atoms with van der Waals surface area (Å²) >= 11 is 0. The molecule has 0 bridgehead atoms. The number of rotatable bonds is 4. The first-order valence-electron chi connectivity index (χ1n) is 7.82. The van der Waals surface area contributed by atoms with E-state index in [0.29, 0.717) is 24.5 Å². The van der Waals surface area contributed by atoms with E-state index in [1.165, 1.54) is 5.56 Å². The molecule has 1 aliphatic rings. The number of hydrogen-bond acceptors (Lipinski definition) is 3. The predicted molar refractivity (Wildman–Crippen MR) is 87.7 cm³/mol. The molecule has 4 heteroatoms. The summed E-state index contributed by atoms with van der Waals surface area (Å²) in [5, 5.41) is 6.46. The Balaban J connectivity index is 1.86. The van der Waals surface area contributed by atoms with Gasteiger partial charge in [-0.25, -0.2) is 0 Å². The lowest BCUT2D eigenvalue weighted by Crippen LogP contribution is -2.55. The van der Waals surface area contributed by atoms with E-state index in [2.05, 4.69) is 55.4 Å². The molecule has 116 valence electrons. The molecule has 0 aliphatic carbocycles. The molecule has 2 unspecified atom stereocenters. The molecule has 1 fully saturated rings. The molecule has 4 nitrogen and oxygen atoms in total. The van der Waals surface area contributed by atoms with E-state index in [9.17, 15) is 4.79 Å². The number of piperazine rings is 1. The van der Waals surface area contributed by atoms with Crippen LogP contribution in [-0.4, -0.2) is 42.5 Å². The van der Waals surface area contributed by atoms with E-state index in [0.717, 1.165) is 18.8 Å². The quantitative estimate of drug-likeness (QED) is 0.895. The second-order valence-corrected chi connectivity index (χ2v) is 6.49. The number of benzene rings is 1. The fourth-order valence-corrected chi connectivity index (χ4v) is 2.92. The molecule has 0 radical (unpaired) electrons. The normalized spacial score (nSPS) is 23.3. The van der Waals surface area contributed by atoms with E-state index < -0.39 is 0 Å². The summed E-state index contributed by atoms with van der Waals surface area (Å²) in [5.41, 5.74) is 2.17. The number of amides is 1. The van der Waals surface area contributed by atoms with Gasteiger partial charge < -0.3 is 10.6 Å². The Hall–Kier alpha value is -1.39.